The molecular weight excluding hydrogens is 280 g/mol. The number of likely N-dealkylation sites (N-methyl/N-ethyl adjacent to an activating group) is 1. The molecule has 0 aromatic heterocycles. The summed E-state index contributed by atoms with van der Waals surface area (Å²) in [5, 5.41) is 2.78. The van der Waals surface area contributed by atoms with Crippen LogP contribution in [-0.4, -0.2) is 50.6 Å². The summed E-state index contributed by atoms with van der Waals surface area (Å²) in [7, 11) is 3.29. The minimum atomic E-state index is -0.140. The van der Waals surface area contributed by atoms with Gasteiger partial charge in [0.2, 0.25) is 11.8 Å². The molecule has 5 heteroatoms. The summed E-state index contributed by atoms with van der Waals surface area (Å²) in [6, 6.07) is 9.92. The Morgan fingerprint density at radius 3 is 2.59 bits per heavy atom. The van der Waals surface area contributed by atoms with E-state index in [0.717, 1.165) is 12.0 Å². The lowest BCUT2D eigenvalue weighted by atomic mass is 9.97. The van der Waals surface area contributed by atoms with Gasteiger partial charge in [-0.15, -0.1) is 0 Å². The lowest BCUT2D eigenvalue weighted by Gasteiger charge is -2.19. The van der Waals surface area contributed by atoms with Gasteiger partial charge in [0.25, 0.3) is 0 Å². The highest BCUT2D eigenvalue weighted by Crippen LogP contribution is 2.19. The van der Waals surface area contributed by atoms with Crippen molar-refractivity contribution in [2.75, 3.05) is 33.9 Å². The van der Waals surface area contributed by atoms with E-state index in [4.69, 9.17) is 4.74 Å². The highest BCUT2D eigenvalue weighted by Gasteiger charge is 2.16. The van der Waals surface area contributed by atoms with Crippen LogP contribution in [0.15, 0.2) is 30.3 Å². The van der Waals surface area contributed by atoms with E-state index < -0.39 is 0 Å². The Labute approximate surface area is 132 Å². The summed E-state index contributed by atoms with van der Waals surface area (Å²) >= 11 is 0. The molecule has 1 rings (SSSR count). The van der Waals surface area contributed by atoms with Crippen LogP contribution < -0.4 is 5.32 Å². The quantitative estimate of drug-likeness (QED) is 0.708. The van der Waals surface area contributed by atoms with E-state index in [2.05, 4.69) is 5.32 Å². The van der Waals surface area contributed by atoms with Crippen LogP contribution in [0, 0.1) is 0 Å². The average molecular weight is 306 g/mol. The molecule has 0 saturated carbocycles. The maximum Gasteiger partial charge on any atom is 0.239 e. The summed E-state index contributed by atoms with van der Waals surface area (Å²) in [5.41, 5.74) is 1.13. The molecule has 5 nitrogen and oxygen atoms in total. The third kappa shape index (κ3) is 6.72. The van der Waals surface area contributed by atoms with Gasteiger partial charge in [-0.1, -0.05) is 37.3 Å². The number of ether oxygens (including phenoxy) is 1. The first-order valence-corrected chi connectivity index (χ1v) is 7.59. The number of benzene rings is 1. The number of amides is 2. The van der Waals surface area contributed by atoms with Gasteiger partial charge in [-0.25, -0.2) is 0 Å². The van der Waals surface area contributed by atoms with E-state index >= 15 is 0 Å². The van der Waals surface area contributed by atoms with E-state index in [1.807, 2.05) is 37.3 Å². The van der Waals surface area contributed by atoms with Crippen molar-refractivity contribution in [1.29, 1.82) is 0 Å². The molecule has 0 aliphatic heterocycles. The molecule has 1 aromatic rings. The molecule has 0 fully saturated rings. The van der Waals surface area contributed by atoms with Gasteiger partial charge < -0.3 is 15.0 Å². The molecule has 1 aromatic carbocycles. The third-order valence-electron chi connectivity index (χ3n) is 3.50. The van der Waals surface area contributed by atoms with Crippen LogP contribution in [-0.2, 0) is 14.3 Å². The second-order valence-electron chi connectivity index (χ2n) is 5.46. The van der Waals surface area contributed by atoms with Crippen LogP contribution in [0.25, 0.3) is 0 Å². The number of carbonyl (C=O) groups excluding carboxylic acids is 2. The molecule has 0 radical (unpaired) electrons. The first-order chi connectivity index (χ1) is 10.5. The zero-order valence-electron chi connectivity index (χ0n) is 13.7. The highest BCUT2D eigenvalue weighted by molar-refractivity contribution is 5.84. The van der Waals surface area contributed by atoms with E-state index in [1.165, 1.54) is 4.90 Å². The summed E-state index contributed by atoms with van der Waals surface area (Å²) in [6.45, 7) is 3.29. The highest BCUT2D eigenvalue weighted by atomic mass is 16.5. The SMILES string of the molecule is COCCCNC(=O)CN(C)C(=O)CC(C)c1ccccc1. The lowest BCUT2D eigenvalue weighted by Crippen LogP contribution is -2.39. The minimum absolute atomic E-state index is 0.0246. The van der Waals surface area contributed by atoms with Crippen molar-refractivity contribution in [3.05, 3.63) is 35.9 Å². The van der Waals surface area contributed by atoms with Gasteiger partial charge in [0.05, 0.1) is 6.54 Å². The summed E-state index contributed by atoms with van der Waals surface area (Å²) < 4.78 is 4.91. The molecule has 1 N–H and O–H groups in total. The predicted molar refractivity (Wildman–Crippen MR) is 86.6 cm³/mol. The molecule has 122 valence electrons. The number of methoxy groups -OCH3 is 1. The zero-order chi connectivity index (χ0) is 16.4. The molecule has 2 amide bonds. The van der Waals surface area contributed by atoms with Crippen LogP contribution in [0.2, 0.25) is 0 Å². The summed E-state index contributed by atoms with van der Waals surface area (Å²) in [5.74, 6) is -0.0244. The Morgan fingerprint density at radius 2 is 1.95 bits per heavy atom. The number of carbonyl (C=O) groups is 2. The molecule has 0 heterocycles. The molecular formula is C17H26N2O3. The molecule has 0 aliphatic carbocycles. The Bertz CT molecular complexity index is 462. The van der Waals surface area contributed by atoms with Crippen LogP contribution in [0.5, 0.6) is 0 Å². The standard InChI is InChI=1S/C17H26N2O3/c1-14(15-8-5-4-6-9-15)12-17(21)19(2)13-16(20)18-10-7-11-22-3/h4-6,8-9,14H,7,10-13H2,1-3H3,(H,18,20). The summed E-state index contributed by atoms with van der Waals surface area (Å²) in [4.78, 5) is 25.4. The third-order valence-corrected chi connectivity index (χ3v) is 3.50. The van der Waals surface area contributed by atoms with E-state index in [-0.39, 0.29) is 24.3 Å². The Morgan fingerprint density at radius 1 is 1.27 bits per heavy atom. The van der Waals surface area contributed by atoms with Crippen molar-refractivity contribution in [3.63, 3.8) is 0 Å². The largest absolute Gasteiger partial charge is 0.385 e. The van der Waals surface area contributed by atoms with Gasteiger partial charge in [0.1, 0.15) is 0 Å². The molecule has 1 atom stereocenters. The van der Waals surface area contributed by atoms with Gasteiger partial charge >= 0.3 is 0 Å². The van der Waals surface area contributed by atoms with Gasteiger partial charge in [0.15, 0.2) is 0 Å². The Kier molecular flexibility index (Phi) is 8.22. The van der Waals surface area contributed by atoms with E-state index in [0.29, 0.717) is 19.6 Å². The average Bonchev–Trinajstić information content (AvgIpc) is 2.52. The van der Waals surface area contributed by atoms with Crippen LogP contribution in [0.1, 0.15) is 31.2 Å². The zero-order valence-corrected chi connectivity index (χ0v) is 13.7. The van der Waals surface area contributed by atoms with Crippen LogP contribution in [0.3, 0.4) is 0 Å². The minimum Gasteiger partial charge on any atom is -0.385 e. The molecule has 22 heavy (non-hydrogen) atoms. The van der Waals surface area contributed by atoms with Crippen molar-refractivity contribution >= 4 is 11.8 Å². The topological polar surface area (TPSA) is 58.6 Å². The van der Waals surface area contributed by atoms with E-state index in [1.54, 1.807) is 14.2 Å². The van der Waals surface area contributed by atoms with Crippen molar-refractivity contribution in [1.82, 2.24) is 10.2 Å². The monoisotopic (exact) mass is 306 g/mol. The predicted octanol–water partition coefficient (Wildman–Crippen LogP) is 1.79. The number of nitrogens with zero attached hydrogens (tertiary/aromatic N) is 1. The second kappa shape index (κ2) is 9.95. The van der Waals surface area contributed by atoms with Crippen molar-refractivity contribution in [2.24, 2.45) is 0 Å². The molecule has 0 aliphatic rings. The smallest absolute Gasteiger partial charge is 0.239 e. The molecule has 0 spiro atoms. The lowest BCUT2D eigenvalue weighted by molar-refractivity contribution is -0.135. The number of nitrogens with one attached hydrogen (secondary N) is 1. The first-order valence-electron chi connectivity index (χ1n) is 7.59. The molecule has 1 unspecified atom stereocenters. The first kappa shape index (κ1) is 18.2. The van der Waals surface area contributed by atoms with Crippen molar-refractivity contribution in [3.8, 4) is 0 Å². The molecule has 0 saturated heterocycles. The fourth-order valence-electron chi connectivity index (χ4n) is 2.12. The fourth-order valence-corrected chi connectivity index (χ4v) is 2.12. The van der Waals surface area contributed by atoms with Gasteiger partial charge in [0, 0.05) is 33.7 Å². The number of rotatable bonds is 9. The Hall–Kier alpha value is -1.88. The van der Waals surface area contributed by atoms with Crippen LogP contribution in [0.4, 0.5) is 0 Å². The van der Waals surface area contributed by atoms with Gasteiger partial charge in [-0.05, 0) is 17.9 Å². The van der Waals surface area contributed by atoms with Gasteiger partial charge in [-0.2, -0.15) is 0 Å². The van der Waals surface area contributed by atoms with E-state index in [9.17, 15) is 9.59 Å². The maximum absolute atomic E-state index is 12.2. The Balaban J connectivity index is 2.34. The molecule has 0 bridgehead atoms. The fraction of sp³-hybridized carbons (Fsp3) is 0.529. The summed E-state index contributed by atoms with van der Waals surface area (Å²) in [6.07, 6.45) is 1.17. The second-order valence-corrected chi connectivity index (χ2v) is 5.46. The number of hydrogen-bond donors (Lipinski definition) is 1. The number of hydrogen-bond acceptors (Lipinski definition) is 3. The normalized spacial score (nSPS) is 11.8. The van der Waals surface area contributed by atoms with Crippen molar-refractivity contribution in [2.45, 2.75) is 25.7 Å². The van der Waals surface area contributed by atoms with Crippen molar-refractivity contribution < 1.29 is 14.3 Å². The van der Waals surface area contributed by atoms with Crippen LogP contribution >= 0.6 is 0 Å². The van der Waals surface area contributed by atoms with Gasteiger partial charge in [-0.3, -0.25) is 9.59 Å². The maximum atomic E-state index is 12.2.